The highest BCUT2D eigenvalue weighted by Gasteiger charge is 2.07. The highest BCUT2D eigenvalue weighted by molar-refractivity contribution is 14.1. The number of rotatable bonds is 0. The van der Waals surface area contributed by atoms with Crippen LogP contribution in [0.3, 0.4) is 0 Å². The molecule has 0 aromatic carbocycles. The van der Waals surface area contributed by atoms with E-state index in [-0.39, 0.29) is 0 Å². The third-order valence-corrected chi connectivity index (χ3v) is 3.49. The molecule has 62 valence electrons. The maximum absolute atomic E-state index is 4.33. The van der Waals surface area contributed by atoms with Gasteiger partial charge < -0.3 is 0 Å². The van der Waals surface area contributed by atoms with Crippen LogP contribution in [-0.4, -0.2) is 14.8 Å². The average molecular weight is 338 g/mol. The second kappa shape index (κ2) is 2.95. The van der Waals surface area contributed by atoms with Crippen molar-refractivity contribution in [2.45, 2.75) is 0 Å². The predicted molar refractivity (Wildman–Crippen MR) is 58.9 cm³/mol. The Bertz CT molecular complexity index is 437. The molecule has 2 heterocycles. The molecular weight excluding hydrogens is 333 g/mol. The number of nitrogens with zero attached hydrogens (tertiary/aromatic N) is 3. The van der Waals surface area contributed by atoms with E-state index in [2.05, 4.69) is 48.6 Å². The second-order valence-corrected chi connectivity index (χ2v) is 4.31. The lowest BCUT2D eigenvalue weighted by molar-refractivity contribution is 0.758. The highest BCUT2D eigenvalue weighted by atomic mass is 127. The van der Waals surface area contributed by atoms with Crippen LogP contribution in [0.1, 0.15) is 0 Å². The number of pyridine rings is 1. The minimum atomic E-state index is 0.943. The topological polar surface area (TPSA) is 30.7 Å². The second-order valence-electron chi connectivity index (χ2n) is 2.43. The number of hydrogen-bond acceptors (Lipinski definition) is 2. The molecule has 0 atom stereocenters. The Morgan fingerprint density at radius 3 is 2.92 bits per heavy atom. The van der Waals surface area contributed by atoms with Gasteiger partial charge in [-0.2, -0.15) is 5.10 Å². The molecule has 0 amide bonds. The Labute approximate surface area is 91.4 Å². The largest absolute Gasteiger partial charge is 0.263 e. The van der Waals surface area contributed by atoms with Crippen LogP contribution in [0, 0.1) is 3.70 Å². The van der Waals surface area contributed by atoms with E-state index < -0.39 is 0 Å². The Hall–Kier alpha value is -0.170. The molecule has 0 saturated carbocycles. The van der Waals surface area contributed by atoms with Crippen LogP contribution in [0.15, 0.2) is 16.9 Å². The van der Waals surface area contributed by atoms with Gasteiger partial charge in [-0.3, -0.25) is 9.67 Å². The minimum absolute atomic E-state index is 0.943. The van der Waals surface area contributed by atoms with Gasteiger partial charge in [-0.15, -0.1) is 0 Å². The molecule has 2 aromatic rings. The maximum atomic E-state index is 4.33. The van der Waals surface area contributed by atoms with Crippen LogP contribution in [0.25, 0.3) is 10.9 Å². The molecular formula is C7H5BrIN3. The summed E-state index contributed by atoms with van der Waals surface area (Å²) in [7, 11) is 1.92. The van der Waals surface area contributed by atoms with Crippen molar-refractivity contribution in [3.63, 3.8) is 0 Å². The van der Waals surface area contributed by atoms with E-state index in [1.165, 1.54) is 0 Å². The van der Waals surface area contributed by atoms with Gasteiger partial charge in [-0.1, -0.05) is 0 Å². The van der Waals surface area contributed by atoms with Crippen LogP contribution >= 0.6 is 38.5 Å². The van der Waals surface area contributed by atoms with Gasteiger partial charge in [0, 0.05) is 19.4 Å². The molecule has 2 aromatic heterocycles. The zero-order valence-corrected chi connectivity index (χ0v) is 10.00. The summed E-state index contributed by atoms with van der Waals surface area (Å²) in [5.74, 6) is 0. The summed E-state index contributed by atoms with van der Waals surface area (Å²) in [6.07, 6.45) is 3.58. The first-order chi connectivity index (χ1) is 5.70. The summed E-state index contributed by atoms with van der Waals surface area (Å²) >= 11 is 5.66. The molecule has 2 rings (SSSR count). The number of fused-ring (bicyclic) bond motifs is 1. The van der Waals surface area contributed by atoms with Gasteiger partial charge in [0.1, 0.15) is 9.22 Å². The summed E-state index contributed by atoms with van der Waals surface area (Å²) in [6, 6.07) is 0. The van der Waals surface area contributed by atoms with Crippen molar-refractivity contribution in [2.75, 3.05) is 0 Å². The Kier molecular flexibility index (Phi) is 2.07. The molecule has 0 bridgehead atoms. The summed E-state index contributed by atoms with van der Waals surface area (Å²) in [4.78, 5) is 4.08. The molecule has 0 aliphatic rings. The standard InChI is InChI=1S/C7H5BrIN3/c1-12-7(9)4-2-10-3-5(8)6(4)11-12/h2-3H,1H3. The summed E-state index contributed by atoms with van der Waals surface area (Å²) in [5.41, 5.74) is 0.969. The fourth-order valence-corrected chi connectivity index (χ4v) is 1.96. The van der Waals surface area contributed by atoms with Gasteiger partial charge in [0.15, 0.2) is 0 Å². The van der Waals surface area contributed by atoms with Crippen molar-refractivity contribution in [3.8, 4) is 0 Å². The van der Waals surface area contributed by atoms with E-state index in [4.69, 9.17) is 0 Å². The molecule has 12 heavy (non-hydrogen) atoms. The zero-order valence-electron chi connectivity index (χ0n) is 6.25. The third-order valence-electron chi connectivity index (χ3n) is 1.63. The van der Waals surface area contributed by atoms with E-state index in [9.17, 15) is 0 Å². The SMILES string of the molecule is Cn1nc2c(Br)cncc2c1I. The fourth-order valence-electron chi connectivity index (χ4n) is 1.05. The van der Waals surface area contributed by atoms with E-state index in [0.29, 0.717) is 0 Å². The summed E-state index contributed by atoms with van der Waals surface area (Å²) in [5, 5.41) is 5.42. The lowest BCUT2D eigenvalue weighted by atomic mass is 10.3. The molecule has 0 fully saturated rings. The van der Waals surface area contributed by atoms with Gasteiger partial charge >= 0.3 is 0 Å². The fraction of sp³-hybridized carbons (Fsp3) is 0.143. The van der Waals surface area contributed by atoms with E-state index >= 15 is 0 Å². The molecule has 5 heteroatoms. The smallest absolute Gasteiger partial charge is 0.111 e. The van der Waals surface area contributed by atoms with E-state index in [0.717, 1.165) is 19.1 Å². The van der Waals surface area contributed by atoms with Crippen LogP contribution in [-0.2, 0) is 7.05 Å². The lowest BCUT2D eigenvalue weighted by Crippen LogP contribution is -1.91. The van der Waals surface area contributed by atoms with Crippen molar-refractivity contribution >= 4 is 49.4 Å². The Morgan fingerprint density at radius 1 is 1.50 bits per heavy atom. The van der Waals surface area contributed by atoms with E-state index in [1.54, 1.807) is 6.20 Å². The van der Waals surface area contributed by atoms with E-state index in [1.807, 2.05) is 17.9 Å². The molecule has 0 spiro atoms. The molecule has 0 unspecified atom stereocenters. The molecule has 0 aliphatic carbocycles. The molecule has 0 saturated heterocycles. The first kappa shape index (κ1) is 8.43. The number of aromatic nitrogens is 3. The molecule has 0 radical (unpaired) electrons. The predicted octanol–water partition coefficient (Wildman–Crippen LogP) is 2.34. The first-order valence-corrected chi connectivity index (χ1v) is 5.19. The average Bonchev–Trinajstić information content (AvgIpc) is 2.32. The van der Waals surface area contributed by atoms with Gasteiger partial charge in [0.05, 0.1) is 9.86 Å². The van der Waals surface area contributed by atoms with Gasteiger partial charge in [-0.05, 0) is 38.5 Å². The van der Waals surface area contributed by atoms with Crippen molar-refractivity contribution < 1.29 is 0 Å². The Morgan fingerprint density at radius 2 is 2.25 bits per heavy atom. The normalized spacial score (nSPS) is 10.9. The van der Waals surface area contributed by atoms with Crippen molar-refractivity contribution in [3.05, 3.63) is 20.6 Å². The number of aryl methyl sites for hydroxylation is 1. The molecule has 0 aliphatic heterocycles. The first-order valence-electron chi connectivity index (χ1n) is 3.32. The Balaban J connectivity index is 2.95. The lowest BCUT2D eigenvalue weighted by Gasteiger charge is -1.89. The quantitative estimate of drug-likeness (QED) is 0.691. The molecule has 0 N–H and O–H groups in total. The van der Waals surface area contributed by atoms with Gasteiger partial charge in [0.2, 0.25) is 0 Å². The zero-order chi connectivity index (χ0) is 8.72. The van der Waals surface area contributed by atoms with Crippen molar-refractivity contribution in [1.29, 1.82) is 0 Å². The maximum Gasteiger partial charge on any atom is 0.111 e. The third kappa shape index (κ3) is 1.15. The molecule has 3 nitrogen and oxygen atoms in total. The minimum Gasteiger partial charge on any atom is -0.263 e. The summed E-state index contributed by atoms with van der Waals surface area (Å²) < 4.78 is 3.90. The van der Waals surface area contributed by atoms with Crippen LogP contribution in [0.5, 0.6) is 0 Å². The van der Waals surface area contributed by atoms with Crippen molar-refractivity contribution in [1.82, 2.24) is 14.8 Å². The van der Waals surface area contributed by atoms with Gasteiger partial charge in [0.25, 0.3) is 0 Å². The summed E-state index contributed by atoms with van der Waals surface area (Å²) in [6.45, 7) is 0. The number of halogens is 2. The van der Waals surface area contributed by atoms with Crippen LogP contribution in [0.4, 0.5) is 0 Å². The number of hydrogen-bond donors (Lipinski definition) is 0. The van der Waals surface area contributed by atoms with Gasteiger partial charge in [-0.25, -0.2) is 0 Å². The highest BCUT2D eigenvalue weighted by Crippen LogP contribution is 2.24. The monoisotopic (exact) mass is 337 g/mol. The van der Waals surface area contributed by atoms with Crippen molar-refractivity contribution in [2.24, 2.45) is 7.05 Å². The van der Waals surface area contributed by atoms with Crippen LogP contribution < -0.4 is 0 Å². The van der Waals surface area contributed by atoms with Crippen LogP contribution in [0.2, 0.25) is 0 Å².